The lowest BCUT2D eigenvalue weighted by molar-refractivity contribution is 0.0590. The zero-order valence-corrected chi connectivity index (χ0v) is 11.6. The second-order valence-electron chi connectivity index (χ2n) is 6.37. The average molecular weight is 242 g/mol. The number of allylic oxidation sites excluding steroid dienone is 1. The molecule has 0 N–H and O–H groups in total. The van der Waals surface area contributed by atoms with Crippen LogP contribution in [0.15, 0.2) is 35.9 Å². The zero-order chi connectivity index (χ0) is 12.8. The van der Waals surface area contributed by atoms with E-state index >= 15 is 0 Å². The van der Waals surface area contributed by atoms with Gasteiger partial charge in [0.2, 0.25) is 0 Å². The van der Waals surface area contributed by atoms with E-state index in [2.05, 4.69) is 51.1 Å². The van der Waals surface area contributed by atoms with Crippen LogP contribution in [-0.2, 0) is 6.42 Å². The molecule has 0 aromatic heterocycles. The van der Waals surface area contributed by atoms with Crippen molar-refractivity contribution in [3.05, 3.63) is 41.5 Å². The lowest BCUT2D eigenvalue weighted by Crippen LogP contribution is -2.43. The zero-order valence-electron chi connectivity index (χ0n) is 11.6. The van der Waals surface area contributed by atoms with Crippen molar-refractivity contribution in [2.45, 2.75) is 46.1 Å². The predicted octanol–water partition coefficient (Wildman–Crippen LogP) is 4.37. The Kier molecular flexibility index (Phi) is 2.73. The summed E-state index contributed by atoms with van der Waals surface area (Å²) >= 11 is 0. The van der Waals surface area contributed by atoms with Gasteiger partial charge >= 0.3 is 0 Å². The summed E-state index contributed by atoms with van der Waals surface area (Å²) in [7, 11) is 0. The molecule has 0 saturated heterocycles. The van der Waals surface area contributed by atoms with E-state index in [1.165, 1.54) is 18.4 Å². The third-order valence-electron chi connectivity index (χ3n) is 4.60. The standard InChI is InChI=1S/C17H22O/c1-12(2)13-8-9-17(3)11-14-6-4-5-7-15(14)18-16(17)10-13/h4-7,10,12,16H,8-9,11H2,1-3H3. The summed E-state index contributed by atoms with van der Waals surface area (Å²) in [6, 6.07) is 8.49. The number of ether oxygens (including phenoxy) is 1. The van der Waals surface area contributed by atoms with Crippen molar-refractivity contribution in [3.8, 4) is 5.75 Å². The number of rotatable bonds is 1. The maximum absolute atomic E-state index is 6.24. The molecule has 2 atom stereocenters. The van der Waals surface area contributed by atoms with E-state index in [-0.39, 0.29) is 11.5 Å². The number of hydrogen-bond donors (Lipinski definition) is 0. The molecule has 0 amide bonds. The SMILES string of the molecule is CC(C)C1=CC2Oc3ccccc3CC2(C)CC1. The van der Waals surface area contributed by atoms with Crippen LogP contribution in [-0.4, -0.2) is 6.10 Å². The Labute approximate surface area is 110 Å². The molecule has 18 heavy (non-hydrogen) atoms. The first-order chi connectivity index (χ1) is 8.58. The molecule has 0 radical (unpaired) electrons. The second-order valence-corrected chi connectivity index (χ2v) is 6.37. The van der Waals surface area contributed by atoms with Gasteiger partial charge in [-0.1, -0.05) is 44.5 Å². The monoisotopic (exact) mass is 242 g/mol. The van der Waals surface area contributed by atoms with Crippen molar-refractivity contribution in [3.63, 3.8) is 0 Å². The summed E-state index contributed by atoms with van der Waals surface area (Å²) in [5.41, 5.74) is 3.22. The highest BCUT2D eigenvalue weighted by Gasteiger charge is 2.41. The fourth-order valence-corrected chi connectivity index (χ4v) is 3.23. The molecule has 0 spiro atoms. The highest BCUT2D eigenvalue weighted by Crippen LogP contribution is 2.46. The van der Waals surface area contributed by atoms with E-state index in [4.69, 9.17) is 4.74 Å². The van der Waals surface area contributed by atoms with Crippen molar-refractivity contribution in [1.29, 1.82) is 0 Å². The van der Waals surface area contributed by atoms with Gasteiger partial charge in [0.15, 0.2) is 0 Å². The van der Waals surface area contributed by atoms with Crippen LogP contribution in [0, 0.1) is 11.3 Å². The Morgan fingerprint density at radius 1 is 1.28 bits per heavy atom. The van der Waals surface area contributed by atoms with E-state index in [1.807, 2.05) is 0 Å². The van der Waals surface area contributed by atoms with Gasteiger partial charge in [-0.3, -0.25) is 0 Å². The molecule has 1 nitrogen and oxygen atoms in total. The first-order valence-electron chi connectivity index (χ1n) is 7.04. The van der Waals surface area contributed by atoms with Gasteiger partial charge in [0.1, 0.15) is 11.9 Å². The molecule has 1 aliphatic carbocycles. The van der Waals surface area contributed by atoms with Crippen LogP contribution in [0.4, 0.5) is 0 Å². The quantitative estimate of drug-likeness (QED) is 0.664. The fourth-order valence-electron chi connectivity index (χ4n) is 3.23. The molecule has 0 bridgehead atoms. The van der Waals surface area contributed by atoms with Crippen LogP contribution in [0.2, 0.25) is 0 Å². The third kappa shape index (κ3) is 1.86. The van der Waals surface area contributed by atoms with Gasteiger partial charge in [0.05, 0.1) is 0 Å². The normalized spacial score (nSPS) is 30.2. The number of para-hydroxylation sites is 1. The Morgan fingerprint density at radius 2 is 2.06 bits per heavy atom. The molecule has 1 aromatic carbocycles. The van der Waals surface area contributed by atoms with Crippen LogP contribution in [0.5, 0.6) is 5.75 Å². The van der Waals surface area contributed by atoms with Crippen LogP contribution in [0.1, 0.15) is 39.2 Å². The van der Waals surface area contributed by atoms with Crippen molar-refractivity contribution in [2.24, 2.45) is 11.3 Å². The van der Waals surface area contributed by atoms with Gasteiger partial charge in [0, 0.05) is 5.41 Å². The van der Waals surface area contributed by atoms with Gasteiger partial charge in [-0.25, -0.2) is 0 Å². The van der Waals surface area contributed by atoms with Gasteiger partial charge in [0.25, 0.3) is 0 Å². The van der Waals surface area contributed by atoms with E-state index in [0.29, 0.717) is 5.92 Å². The molecule has 3 rings (SSSR count). The molecular formula is C17H22O. The highest BCUT2D eigenvalue weighted by molar-refractivity contribution is 5.38. The van der Waals surface area contributed by atoms with Crippen LogP contribution in [0.25, 0.3) is 0 Å². The van der Waals surface area contributed by atoms with E-state index in [9.17, 15) is 0 Å². The minimum absolute atomic E-state index is 0.263. The van der Waals surface area contributed by atoms with Gasteiger partial charge in [-0.05, 0) is 42.9 Å². The summed E-state index contributed by atoms with van der Waals surface area (Å²) in [5.74, 6) is 1.73. The van der Waals surface area contributed by atoms with Crippen LogP contribution < -0.4 is 4.74 Å². The Morgan fingerprint density at radius 3 is 2.83 bits per heavy atom. The first-order valence-corrected chi connectivity index (χ1v) is 7.04. The van der Waals surface area contributed by atoms with Gasteiger partial charge < -0.3 is 4.74 Å². The maximum Gasteiger partial charge on any atom is 0.123 e. The topological polar surface area (TPSA) is 9.23 Å². The molecule has 2 aliphatic rings. The summed E-state index contributed by atoms with van der Waals surface area (Å²) in [4.78, 5) is 0. The third-order valence-corrected chi connectivity index (χ3v) is 4.60. The number of benzene rings is 1. The molecule has 0 saturated carbocycles. The van der Waals surface area contributed by atoms with Crippen LogP contribution in [0.3, 0.4) is 0 Å². The molecule has 1 aromatic rings. The van der Waals surface area contributed by atoms with E-state index in [1.54, 1.807) is 5.57 Å². The predicted molar refractivity (Wildman–Crippen MR) is 74.8 cm³/mol. The van der Waals surface area contributed by atoms with Crippen molar-refractivity contribution < 1.29 is 4.74 Å². The summed E-state index contributed by atoms with van der Waals surface area (Å²) in [5, 5.41) is 0. The summed E-state index contributed by atoms with van der Waals surface area (Å²) < 4.78 is 6.24. The molecule has 1 heterocycles. The van der Waals surface area contributed by atoms with E-state index < -0.39 is 0 Å². The second kappa shape index (κ2) is 4.15. The summed E-state index contributed by atoms with van der Waals surface area (Å²) in [6.07, 6.45) is 6.28. The minimum atomic E-state index is 0.263. The molecule has 0 fully saturated rings. The smallest absolute Gasteiger partial charge is 0.123 e. The molecule has 1 heteroatoms. The molecule has 2 unspecified atom stereocenters. The van der Waals surface area contributed by atoms with Crippen LogP contribution >= 0.6 is 0 Å². The Balaban J connectivity index is 1.96. The number of hydrogen-bond acceptors (Lipinski definition) is 1. The summed E-state index contributed by atoms with van der Waals surface area (Å²) in [6.45, 7) is 6.94. The fraction of sp³-hybridized carbons (Fsp3) is 0.529. The average Bonchev–Trinajstić information content (AvgIpc) is 2.34. The van der Waals surface area contributed by atoms with Crippen molar-refractivity contribution in [2.75, 3.05) is 0 Å². The first kappa shape index (κ1) is 11.8. The van der Waals surface area contributed by atoms with Gasteiger partial charge in [-0.15, -0.1) is 0 Å². The minimum Gasteiger partial charge on any atom is -0.485 e. The highest BCUT2D eigenvalue weighted by atomic mass is 16.5. The van der Waals surface area contributed by atoms with Crippen molar-refractivity contribution in [1.82, 2.24) is 0 Å². The largest absolute Gasteiger partial charge is 0.485 e. The van der Waals surface area contributed by atoms with Gasteiger partial charge in [-0.2, -0.15) is 0 Å². The maximum atomic E-state index is 6.24. The lowest BCUT2D eigenvalue weighted by atomic mass is 9.68. The van der Waals surface area contributed by atoms with Crippen molar-refractivity contribution >= 4 is 0 Å². The molecule has 1 aliphatic heterocycles. The Hall–Kier alpha value is -1.24. The van der Waals surface area contributed by atoms with E-state index in [0.717, 1.165) is 12.2 Å². The lowest BCUT2D eigenvalue weighted by Gasteiger charge is -2.44. The molecule has 96 valence electrons. The number of fused-ring (bicyclic) bond motifs is 2. The Bertz CT molecular complexity index is 486. The molecular weight excluding hydrogens is 220 g/mol.